The van der Waals surface area contributed by atoms with E-state index >= 15 is 0 Å². The fourth-order valence-electron chi connectivity index (χ4n) is 4.12. The molecule has 0 aromatic carbocycles. The molecule has 2 N–H and O–H groups in total. The van der Waals surface area contributed by atoms with Crippen LogP contribution in [0.1, 0.15) is 50.3 Å². The summed E-state index contributed by atoms with van der Waals surface area (Å²) in [4.78, 5) is 23.1. The number of aromatic nitrogens is 2. The van der Waals surface area contributed by atoms with Crippen molar-refractivity contribution in [3.05, 3.63) is 48.0 Å². The van der Waals surface area contributed by atoms with Gasteiger partial charge in [0.25, 0.3) is 0 Å². The zero-order valence-electron chi connectivity index (χ0n) is 16.9. The highest BCUT2D eigenvalue weighted by molar-refractivity contribution is 5.77. The molecule has 1 saturated heterocycles. The summed E-state index contributed by atoms with van der Waals surface area (Å²) in [5.74, 6) is 0.622. The Balaban J connectivity index is 1.40. The van der Waals surface area contributed by atoms with Gasteiger partial charge in [-0.3, -0.25) is 4.79 Å². The summed E-state index contributed by atoms with van der Waals surface area (Å²) in [7, 11) is 0. The van der Waals surface area contributed by atoms with Gasteiger partial charge in [-0.05, 0) is 37.1 Å². The van der Waals surface area contributed by atoms with Crippen molar-refractivity contribution in [1.82, 2.24) is 14.9 Å². The minimum Gasteiger partial charge on any atom is -0.389 e. The number of nitrogens with zero attached hydrogens (tertiary/aromatic N) is 3. The molecule has 3 heterocycles. The van der Waals surface area contributed by atoms with Crippen LogP contribution >= 0.6 is 0 Å². The lowest BCUT2D eigenvalue weighted by atomic mass is 9.82. The molecule has 0 bridgehead atoms. The molecule has 0 spiro atoms. The number of hydrogen-bond donors (Lipinski definition) is 2. The Morgan fingerprint density at radius 3 is 2.83 bits per heavy atom. The van der Waals surface area contributed by atoms with Crippen molar-refractivity contribution < 1.29 is 19.0 Å². The van der Waals surface area contributed by atoms with Crippen LogP contribution in [0.25, 0.3) is 0 Å². The second-order valence-corrected chi connectivity index (χ2v) is 8.10. The SMILES string of the molecule is O=C(CC1(O)CCCCC1)N1CCOC(c2cccc(Nc3ccc(F)cn3)n2)C1. The van der Waals surface area contributed by atoms with Gasteiger partial charge in [0.05, 0.1) is 37.1 Å². The highest BCUT2D eigenvalue weighted by Gasteiger charge is 2.35. The number of pyridine rings is 2. The first-order chi connectivity index (χ1) is 14.5. The summed E-state index contributed by atoms with van der Waals surface area (Å²) in [6.07, 6.45) is 5.43. The molecule has 1 atom stereocenters. The number of halogens is 1. The van der Waals surface area contributed by atoms with Crippen LogP contribution in [0.3, 0.4) is 0 Å². The maximum absolute atomic E-state index is 13.0. The number of nitrogens with one attached hydrogen (secondary N) is 1. The highest BCUT2D eigenvalue weighted by atomic mass is 19.1. The largest absolute Gasteiger partial charge is 0.389 e. The summed E-state index contributed by atoms with van der Waals surface area (Å²) < 4.78 is 18.9. The van der Waals surface area contributed by atoms with Crippen molar-refractivity contribution in [3.8, 4) is 0 Å². The molecule has 30 heavy (non-hydrogen) atoms. The normalized spacial score (nSPS) is 21.3. The Kier molecular flexibility index (Phi) is 6.24. The second-order valence-electron chi connectivity index (χ2n) is 8.10. The van der Waals surface area contributed by atoms with Gasteiger partial charge in [-0.25, -0.2) is 14.4 Å². The number of rotatable bonds is 5. The number of carbonyl (C=O) groups is 1. The van der Waals surface area contributed by atoms with Gasteiger partial charge in [0.2, 0.25) is 5.91 Å². The Labute approximate surface area is 175 Å². The van der Waals surface area contributed by atoms with E-state index in [2.05, 4.69) is 15.3 Å². The predicted octanol–water partition coefficient (Wildman–Crippen LogP) is 3.34. The van der Waals surface area contributed by atoms with Crippen molar-refractivity contribution in [2.75, 3.05) is 25.0 Å². The predicted molar refractivity (Wildman–Crippen MR) is 110 cm³/mol. The first-order valence-corrected chi connectivity index (χ1v) is 10.5. The van der Waals surface area contributed by atoms with Crippen molar-refractivity contribution in [1.29, 1.82) is 0 Å². The van der Waals surface area contributed by atoms with E-state index in [1.165, 1.54) is 12.1 Å². The minimum absolute atomic E-state index is 0.0301. The molecular formula is C22H27FN4O3. The molecule has 8 heteroatoms. The minimum atomic E-state index is -0.868. The maximum Gasteiger partial charge on any atom is 0.225 e. The number of hydrogen-bond acceptors (Lipinski definition) is 6. The lowest BCUT2D eigenvalue weighted by Gasteiger charge is -2.37. The molecule has 0 radical (unpaired) electrons. The van der Waals surface area contributed by atoms with Crippen LogP contribution < -0.4 is 5.32 Å². The van der Waals surface area contributed by atoms with Crippen LogP contribution in [0.4, 0.5) is 16.0 Å². The zero-order chi connectivity index (χ0) is 21.0. The number of aliphatic hydroxyl groups is 1. The number of morpholine rings is 1. The third-order valence-electron chi connectivity index (χ3n) is 5.77. The van der Waals surface area contributed by atoms with Crippen molar-refractivity contribution >= 4 is 17.5 Å². The van der Waals surface area contributed by atoms with Crippen LogP contribution in [0.5, 0.6) is 0 Å². The Hall–Kier alpha value is -2.58. The van der Waals surface area contributed by atoms with Gasteiger partial charge < -0.3 is 20.1 Å². The lowest BCUT2D eigenvalue weighted by molar-refractivity contribution is -0.145. The summed E-state index contributed by atoms with van der Waals surface area (Å²) in [5.41, 5.74) is -0.163. The summed E-state index contributed by atoms with van der Waals surface area (Å²) in [6.45, 7) is 1.34. The van der Waals surface area contributed by atoms with Gasteiger partial charge in [-0.2, -0.15) is 0 Å². The quantitative estimate of drug-likeness (QED) is 0.780. The zero-order valence-corrected chi connectivity index (χ0v) is 16.9. The van der Waals surface area contributed by atoms with Gasteiger partial charge in [0.1, 0.15) is 23.6 Å². The third-order valence-corrected chi connectivity index (χ3v) is 5.77. The molecule has 2 aromatic rings. The molecule has 1 aliphatic heterocycles. The van der Waals surface area contributed by atoms with Gasteiger partial charge in [-0.1, -0.05) is 25.3 Å². The first kappa shape index (κ1) is 20.7. The van der Waals surface area contributed by atoms with E-state index < -0.39 is 11.4 Å². The summed E-state index contributed by atoms with van der Waals surface area (Å²) in [6, 6.07) is 8.36. The molecule has 1 aliphatic carbocycles. The molecule has 2 aromatic heterocycles. The molecule has 1 unspecified atom stereocenters. The summed E-state index contributed by atoms with van der Waals surface area (Å²) in [5, 5.41) is 13.8. The van der Waals surface area contributed by atoms with Crippen LogP contribution in [0.15, 0.2) is 36.5 Å². The lowest BCUT2D eigenvalue weighted by Crippen LogP contribution is -2.46. The Bertz CT molecular complexity index is 871. The van der Waals surface area contributed by atoms with Crippen LogP contribution in [0.2, 0.25) is 0 Å². The standard InChI is InChI=1S/C22H27FN4O3/c23-16-7-8-19(24-14-16)26-20-6-4-5-17(25-20)18-15-27(11-12-30-18)21(28)13-22(29)9-2-1-3-10-22/h4-8,14,18,29H,1-3,9-13,15H2,(H,24,25,26). The van der Waals surface area contributed by atoms with E-state index in [0.717, 1.165) is 25.5 Å². The average molecular weight is 414 g/mol. The van der Waals surface area contributed by atoms with E-state index in [1.54, 1.807) is 11.0 Å². The Morgan fingerprint density at radius 2 is 2.07 bits per heavy atom. The van der Waals surface area contributed by atoms with Crippen LogP contribution in [-0.4, -0.2) is 51.2 Å². The molecule has 1 amide bonds. The van der Waals surface area contributed by atoms with Crippen molar-refractivity contribution in [2.24, 2.45) is 0 Å². The van der Waals surface area contributed by atoms with Crippen LogP contribution in [0, 0.1) is 5.82 Å². The van der Waals surface area contributed by atoms with Gasteiger partial charge in [0.15, 0.2) is 0 Å². The van der Waals surface area contributed by atoms with Crippen LogP contribution in [-0.2, 0) is 9.53 Å². The highest BCUT2D eigenvalue weighted by Crippen LogP contribution is 2.32. The monoisotopic (exact) mass is 414 g/mol. The van der Waals surface area contributed by atoms with E-state index in [9.17, 15) is 14.3 Å². The fourth-order valence-corrected chi connectivity index (χ4v) is 4.12. The number of amides is 1. The topological polar surface area (TPSA) is 87.6 Å². The van der Waals surface area contributed by atoms with E-state index in [1.807, 2.05) is 12.1 Å². The van der Waals surface area contributed by atoms with E-state index in [0.29, 0.717) is 49.9 Å². The molecule has 2 aliphatic rings. The maximum atomic E-state index is 13.0. The Morgan fingerprint density at radius 1 is 1.23 bits per heavy atom. The second kappa shape index (κ2) is 9.06. The van der Waals surface area contributed by atoms with Crippen molar-refractivity contribution in [2.45, 2.75) is 50.2 Å². The summed E-state index contributed by atoms with van der Waals surface area (Å²) >= 11 is 0. The van der Waals surface area contributed by atoms with Gasteiger partial charge >= 0.3 is 0 Å². The third kappa shape index (κ3) is 5.12. The van der Waals surface area contributed by atoms with Crippen molar-refractivity contribution in [3.63, 3.8) is 0 Å². The van der Waals surface area contributed by atoms with E-state index in [4.69, 9.17) is 4.74 Å². The molecular weight excluding hydrogens is 387 g/mol. The fraction of sp³-hybridized carbons (Fsp3) is 0.500. The number of carbonyl (C=O) groups excluding carboxylic acids is 1. The average Bonchev–Trinajstić information content (AvgIpc) is 2.76. The molecule has 1 saturated carbocycles. The molecule has 160 valence electrons. The van der Waals surface area contributed by atoms with Gasteiger partial charge in [-0.15, -0.1) is 0 Å². The van der Waals surface area contributed by atoms with Gasteiger partial charge in [0, 0.05) is 6.54 Å². The molecule has 4 rings (SSSR count). The molecule has 7 nitrogen and oxygen atoms in total. The number of anilines is 2. The molecule has 2 fully saturated rings. The first-order valence-electron chi connectivity index (χ1n) is 10.5. The number of ether oxygens (including phenoxy) is 1. The van der Waals surface area contributed by atoms with E-state index in [-0.39, 0.29) is 18.4 Å². The smallest absolute Gasteiger partial charge is 0.225 e.